The van der Waals surface area contributed by atoms with Crippen molar-refractivity contribution < 1.29 is 23.8 Å². The summed E-state index contributed by atoms with van der Waals surface area (Å²) in [5.74, 6) is -0.724. The van der Waals surface area contributed by atoms with Gasteiger partial charge in [-0.1, -0.05) is 78.9 Å². The van der Waals surface area contributed by atoms with Crippen molar-refractivity contribution >= 4 is 11.9 Å². The van der Waals surface area contributed by atoms with Crippen molar-refractivity contribution in [3.63, 3.8) is 0 Å². The molecule has 3 aromatic carbocycles. The number of hydrogen-bond acceptors (Lipinski definition) is 5. The molecule has 0 spiro atoms. The Morgan fingerprint density at radius 1 is 0.724 bits per heavy atom. The highest BCUT2D eigenvalue weighted by Gasteiger charge is 2.25. The molecule has 0 aromatic heterocycles. The lowest BCUT2D eigenvalue weighted by molar-refractivity contribution is -0.170. The van der Waals surface area contributed by atoms with Crippen molar-refractivity contribution in [1.82, 2.24) is 0 Å². The van der Waals surface area contributed by atoms with Gasteiger partial charge in [0.15, 0.2) is 18.8 Å². The van der Waals surface area contributed by atoms with Crippen LogP contribution in [0.25, 0.3) is 0 Å². The van der Waals surface area contributed by atoms with Crippen LogP contribution in [0.3, 0.4) is 0 Å². The molecule has 0 saturated carbocycles. The molecule has 1 atom stereocenters. The van der Waals surface area contributed by atoms with Crippen LogP contribution in [0.2, 0.25) is 0 Å². The van der Waals surface area contributed by atoms with E-state index in [9.17, 15) is 9.59 Å². The Labute approximate surface area is 169 Å². The molecule has 0 amide bonds. The van der Waals surface area contributed by atoms with Crippen molar-refractivity contribution in [2.24, 2.45) is 0 Å². The number of carbonyl (C=O) groups excluding carboxylic acids is 2. The molecule has 0 radical (unpaired) electrons. The fraction of sp³-hybridized carbons (Fsp3) is 0.167. The Hall–Kier alpha value is -3.60. The zero-order chi connectivity index (χ0) is 20.5. The summed E-state index contributed by atoms with van der Waals surface area (Å²) in [4.78, 5) is 24.6. The summed E-state index contributed by atoms with van der Waals surface area (Å²) < 4.78 is 16.2. The number of ether oxygens (including phenoxy) is 3. The van der Waals surface area contributed by atoms with E-state index in [1.54, 1.807) is 24.3 Å². The quantitative estimate of drug-likeness (QED) is 0.536. The van der Waals surface area contributed by atoms with Gasteiger partial charge in [0, 0.05) is 0 Å². The SMILES string of the molecule is CC(OC(=O)COc1ccccc1)C(=O)OC(c1ccccc1)c1ccccc1. The highest BCUT2D eigenvalue weighted by atomic mass is 16.6. The maximum atomic E-state index is 12.6. The Morgan fingerprint density at radius 2 is 1.21 bits per heavy atom. The van der Waals surface area contributed by atoms with E-state index in [0.717, 1.165) is 11.1 Å². The predicted molar refractivity (Wildman–Crippen MR) is 108 cm³/mol. The molecule has 0 saturated heterocycles. The van der Waals surface area contributed by atoms with E-state index in [1.807, 2.05) is 66.7 Å². The first-order valence-electron chi connectivity index (χ1n) is 9.31. The molecule has 0 fully saturated rings. The number of benzene rings is 3. The Morgan fingerprint density at radius 3 is 1.72 bits per heavy atom. The van der Waals surface area contributed by atoms with Gasteiger partial charge in [-0.15, -0.1) is 0 Å². The molecule has 3 rings (SSSR count). The van der Waals surface area contributed by atoms with E-state index in [2.05, 4.69) is 0 Å². The van der Waals surface area contributed by atoms with Gasteiger partial charge < -0.3 is 14.2 Å². The Balaban J connectivity index is 1.61. The third-order valence-corrected chi connectivity index (χ3v) is 4.18. The standard InChI is InChI=1S/C24H22O5/c1-18(28-22(25)17-27-21-15-9-4-10-16-21)24(26)29-23(19-11-5-2-6-12-19)20-13-7-3-8-14-20/h2-16,18,23H,17H2,1H3. The Kier molecular flexibility index (Phi) is 7.00. The van der Waals surface area contributed by atoms with Crippen LogP contribution in [0.4, 0.5) is 0 Å². The summed E-state index contributed by atoms with van der Waals surface area (Å²) in [5.41, 5.74) is 1.66. The zero-order valence-corrected chi connectivity index (χ0v) is 16.1. The van der Waals surface area contributed by atoms with Gasteiger partial charge >= 0.3 is 11.9 Å². The second kappa shape index (κ2) is 10.1. The molecule has 0 heterocycles. The van der Waals surface area contributed by atoms with E-state index in [-0.39, 0.29) is 6.61 Å². The molecule has 148 valence electrons. The maximum Gasteiger partial charge on any atom is 0.348 e. The molecule has 0 aliphatic carbocycles. The largest absolute Gasteiger partial charge is 0.482 e. The zero-order valence-electron chi connectivity index (χ0n) is 16.1. The highest BCUT2D eigenvalue weighted by molar-refractivity contribution is 5.80. The molecule has 29 heavy (non-hydrogen) atoms. The monoisotopic (exact) mass is 390 g/mol. The molecule has 0 N–H and O–H groups in total. The lowest BCUT2D eigenvalue weighted by Crippen LogP contribution is -2.30. The molecular formula is C24H22O5. The molecule has 3 aromatic rings. The normalized spacial score (nSPS) is 11.5. The van der Waals surface area contributed by atoms with Crippen molar-refractivity contribution in [2.45, 2.75) is 19.1 Å². The Bertz CT molecular complexity index is 870. The number of para-hydroxylation sites is 1. The molecule has 1 unspecified atom stereocenters. The molecule has 5 heteroatoms. The minimum Gasteiger partial charge on any atom is -0.482 e. The summed E-state index contributed by atoms with van der Waals surface area (Å²) in [5, 5.41) is 0. The van der Waals surface area contributed by atoms with E-state index < -0.39 is 24.1 Å². The van der Waals surface area contributed by atoms with Crippen molar-refractivity contribution in [2.75, 3.05) is 6.61 Å². The van der Waals surface area contributed by atoms with Crippen LogP contribution in [0.5, 0.6) is 5.75 Å². The minimum atomic E-state index is -1.06. The van der Waals surface area contributed by atoms with Gasteiger partial charge in [0.25, 0.3) is 0 Å². The molecule has 0 aliphatic rings. The van der Waals surface area contributed by atoms with Gasteiger partial charge in [-0.2, -0.15) is 0 Å². The van der Waals surface area contributed by atoms with E-state index in [4.69, 9.17) is 14.2 Å². The van der Waals surface area contributed by atoms with Crippen LogP contribution in [0.15, 0.2) is 91.0 Å². The average molecular weight is 390 g/mol. The maximum absolute atomic E-state index is 12.6. The smallest absolute Gasteiger partial charge is 0.348 e. The van der Waals surface area contributed by atoms with E-state index in [1.165, 1.54) is 6.92 Å². The van der Waals surface area contributed by atoms with Crippen molar-refractivity contribution in [3.8, 4) is 5.75 Å². The molecule has 5 nitrogen and oxygen atoms in total. The molecule has 0 bridgehead atoms. The second-order valence-electron chi connectivity index (χ2n) is 6.37. The van der Waals surface area contributed by atoms with Crippen LogP contribution < -0.4 is 4.74 Å². The summed E-state index contributed by atoms with van der Waals surface area (Å²) in [6, 6.07) is 27.7. The van der Waals surface area contributed by atoms with E-state index in [0.29, 0.717) is 5.75 Å². The fourth-order valence-electron chi connectivity index (χ4n) is 2.73. The lowest BCUT2D eigenvalue weighted by atomic mass is 10.0. The minimum absolute atomic E-state index is 0.289. The van der Waals surface area contributed by atoms with Crippen molar-refractivity contribution in [3.05, 3.63) is 102 Å². The van der Waals surface area contributed by atoms with Gasteiger partial charge in [0.05, 0.1) is 0 Å². The first kappa shape index (κ1) is 20.1. The summed E-state index contributed by atoms with van der Waals surface area (Å²) in [7, 11) is 0. The molecule has 0 aliphatic heterocycles. The van der Waals surface area contributed by atoms with Gasteiger partial charge in [-0.25, -0.2) is 9.59 Å². The van der Waals surface area contributed by atoms with Crippen LogP contribution in [0, 0.1) is 0 Å². The fourth-order valence-corrected chi connectivity index (χ4v) is 2.73. The lowest BCUT2D eigenvalue weighted by Gasteiger charge is -2.21. The van der Waals surface area contributed by atoms with Gasteiger partial charge in [-0.05, 0) is 30.2 Å². The van der Waals surface area contributed by atoms with Gasteiger partial charge in [0.2, 0.25) is 0 Å². The number of rotatable bonds is 8. The van der Waals surface area contributed by atoms with Gasteiger partial charge in [0.1, 0.15) is 5.75 Å². The van der Waals surface area contributed by atoms with Crippen LogP contribution in [-0.4, -0.2) is 24.6 Å². The summed E-state index contributed by atoms with van der Waals surface area (Å²) in [6.45, 7) is 1.19. The molecular weight excluding hydrogens is 368 g/mol. The number of esters is 2. The van der Waals surface area contributed by atoms with Crippen LogP contribution in [0.1, 0.15) is 24.2 Å². The van der Waals surface area contributed by atoms with Gasteiger partial charge in [-0.3, -0.25) is 0 Å². The van der Waals surface area contributed by atoms with Crippen LogP contribution in [-0.2, 0) is 19.1 Å². The average Bonchev–Trinajstić information content (AvgIpc) is 2.77. The first-order valence-corrected chi connectivity index (χ1v) is 9.31. The van der Waals surface area contributed by atoms with Crippen LogP contribution >= 0.6 is 0 Å². The predicted octanol–water partition coefficient (Wildman–Crippen LogP) is 4.33. The number of carbonyl (C=O) groups is 2. The van der Waals surface area contributed by atoms with Crippen molar-refractivity contribution in [1.29, 1.82) is 0 Å². The third-order valence-electron chi connectivity index (χ3n) is 4.18. The highest BCUT2D eigenvalue weighted by Crippen LogP contribution is 2.26. The second-order valence-corrected chi connectivity index (χ2v) is 6.37. The summed E-state index contributed by atoms with van der Waals surface area (Å²) >= 11 is 0. The first-order chi connectivity index (χ1) is 14.1. The van der Waals surface area contributed by atoms with E-state index >= 15 is 0 Å². The topological polar surface area (TPSA) is 61.8 Å². The summed E-state index contributed by atoms with van der Waals surface area (Å²) in [6.07, 6.45) is -1.65. The third kappa shape index (κ3) is 5.94. The number of hydrogen-bond donors (Lipinski definition) is 0.